The first-order chi connectivity index (χ1) is 10.2. The van der Waals surface area contributed by atoms with Gasteiger partial charge in [0.2, 0.25) is 0 Å². The molecule has 1 aromatic carbocycles. The molecule has 0 aliphatic heterocycles. The molecule has 2 rings (SSSR count). The largest absolute Gasteiger partial charge is 0.496 e. The molecule has 1 aromatic heterocycles. The fraction of sp³-hybridized carbons (Fsp3) is 0.250. The second kappa shape index (κ2) is 7.28. The van der Waals surface area contributed by atoms with Crippen LogP contribution >= 0.6 is 0 Å². The van der Waals surface area contributed by atoms with Crippen molar-refractivity contribution < 1.29 is 9.53 Å². The van der Waals surface area contributed by atoms with Crippen LogP contribution in [0.2, 0.25) is 0 Å². The van der Waals surface area contributed by atoms with E-state index >= 15 is 0 Å². The van der Waals surface area contributed by atoms with E-state index in [0.29, 0.717) is 18.7 Å². The molecule has 5 nitrogen and oxygen atoms in total. The van der Waals surface area contributed by atoms with Gasteiger partial charge >= 0.3 is 6.03 Å². The van der Waals surface area contributed by atoms with Crippen LogP contribution in [0.5, 0.6) is 5.75 Å². The Bertz CT molecular complexity index is 614. The summed E-state index contributed by atoms with van der Waals surface area (Å²) in [6, 6.07) is 9.40. The van der Waals surface area contributed by atoms with E-state index in [4.69, 9.17) is 4.74 Å². The third kappa shape index (κ3) is 4.21. The Morgan fingerprint density at radius 1 is 1.29 bits per heavy atom. The summed E-state index contributed by atoms with van der Waals surface area (Å²) in [5.41, 5.74) is 2.76. The molecule has 0 atom stereocenters. The van der Waals surface area contributed by atoms with E-state index in [9.17, 15) is 4.79 Å². The normalized spacial score (nSPS) is 10.0. The lowest BCUT2D eigenvalue weighted by Gasteiger charge is -2.10. The molecule has 2 aromatic rings. The number of nitrogens with one attached hydrogen (secondary N) is 2. The van der Waals surface area contributed by atoms with Crippen molar-refractivity contribution in [2.75, 3.05) is 19.0 Å². The minimum atomic E-state index is -0.235. The number of hydrogen-bond donors (Lipinski definition) is 2. The van der Waals surface area contributed by atoms with Gasteiger partial charge in [-0.15, -0.1) is 0 Å². The van der Waals surface area contributed by atoms with Crippen molar-refractivity contribution in [3.63, 3.8) is 0 Å². The number of aryl methyl sites for hydroxylation is 1. The number of ether oxygens (including phenoxy) is 1. The number of amides is 2. The summed E-state index contributed by atoms with van der Waals surface area (Å²) < 4.78 is 5.28. The van der Waals surface area contributed by atoms with Crippen molar-refractivity contribution in [2.45, 2.75) is 13.3 Å². The summed E-state index contributed by atoms with van der Waals surface area (Å²) in [6.07, 6.45) is 4.04. The monoisotopic (exact) mass is 285 g/mol. The van der Waals surface area contributed by atoms with E-state index in [1.807, 2.05) is 37.3 Å². The number of urea groups is 1. The Balaban J connectivity index is 1.83. The van der Waals surface area contributed by atoms with Gasteiger partial charge < -0.3 is 15.4 Å². The highest BCUT2D eigenvalue weighted by Gasteiger charge is 2.05. The maximum absolute atomic E-state index is 11.8. The molecule has 2 N–H and O–H groups in total. The zero-order valence-corrected chi connectivity index (χ0v) is 12.2. The zero-order chi connectivity index (χ0) is 15.1. The SMILES string of the molecule is COc1ccccc1CCNC(=O)Nc1cnccc1C. The molecule has 21 heavy (non-hydrogen) atoms. The van der Waals surface area contributed by atoms with E-state index in [-0.39, 0.29) is 6.03 Å². The highest BCUT2D eigenvalue weighted by Crippen LogP contribution is 2.17. The fourth-order valence-electron chi connectivity index (χ4n) is 1.98. The number of pyridine rings is 1. The summed E-state index contributed by atoms with van der Waals surface area (Å²) in [4.78, 5) is 15.8. The Morgan fingerprint density at radius 3 is 2.86 bits per heavy atom. The van der Waals surface area contributed by atoms with Crippen LogP contribution in [-0.2, 0) is 6.42 Å². The Hall–Kier alpha value is -2.56. The van der Waals surface area contributed by atoms with Crippen LogP contribution in [0.4, 0.5) is 10.5 Å². The van der Waals surface area contributed by atoms with Gasteiger partial charge in [-0.3, -0.25) is 4.98 Å². The van der Waals surface area contributed by atoms with Crippen molar-refractivity contribution in [1.29, 1.82) is 0 Å². The summed E-state index contributed by atoms with van der Waals surface area (Å²) in [6.45, 7) is 2.46. The number of carbonyl (C=O) groups excluding carboxylic acids is 1. The van der Waals surface area contributed by atoms with E-state index in [0.717, 1.165) is 16.9 Å². The molecule has 5 heteroatoms. The molecule has 0 aliphatic carbocycles. The van der Waals surface area contributed by atoms with Crippen LogP contribution < -0.4 is 15.4 Å². The topological polar surface area (TPSA) is 63.2 Å². The van der Waals surface area contributed by atoms with Gasteiger partial charge in [0.15, 0.2) is 0 Å². The number of nitrogens with zero attached hydrogens (tertiary/aromatic N) is 1. The van der Waals surface area contributed by atoms with Crippen molar-refractivity contribution in [3.8, 4) is 5.75 Å². The highest BCUT2D eigenvalue weighted by molar-refractivity contribution is 5.89. The second-order valence-electron chi connectivity index (χ2n) is 4.63. The Kier molecular flexibility index (Phi) is 5.15. The molecule has 0 fully saturated rings. The van der Waals surface area contributed by atoms with E-state index < -0.39 is 0 Å². The van der Waals surface area contributed by atoms with Crippen LogP contribution in [0, 0.1) is 6.92 Å². The standard InChI is InChI=1S/C16H19N3O2/c1-12-7-9-17-11-14(12)19-16(20)18-10-8-13-5-3-4-6-15(13)21-2/h3-7,9,11H,8,10H2,1-2H3,(H2,18,19,20). The van der Waals surface area contributed by atoms with Crippen LogP contribution in [0.25, 0.3) is 0 Å². The summed E-state index contributed by atoms with van der Waals surface area (Å²) in [5, 5.41) is 5.61. The molecule has 0 spiro atoms. The lowest BCUT2D eigenvalue weighted by molar-refractivity contribution is 0.252. The molecular weight excluding hydrogens is 266 g/mol. The zero-order valence-electron chi connectivity index (χ0n) is 12.2. The number of rotatable bonds is 5. The summed E-state index contributed by atoms with van der Waals surface area (Å²) in [7, 11) is 1.64. The number of para-hydroxylation sites is 1. The Labute approximate surface area is 124 Å². The molecule has 2 amide bonds. The summed E-state index contributed by atoms with van der Waals surface area (Å²) >= 11 is 0. The average molecular weight is 285 g/mol. The van der Waals surface area contributed by atoms with Crippen molar-refractivity contribution in [1.82, 2.24) is 10.3 Å². The number of benzene rings is 1. The molecule has 0 unspecified atom stereocenters. The number of carbonyl (C=O) groups is 1. The molecule has 0 radical (unpaired) electrons. The van der Waals surface area contributed by atoms with Gasteiger partial charge in [0.1, 0.15) is 5.75 Å². The molecule has 0 aliphatic rings. The van der Waals surface area contributed by atoms with Crippen molar-refractivity contribution in [2.24, 2.45) is 0 Å². The van der Waals surface area contributed by atoms with E-state index in [1.54, 1.807) is 19.5 Å². The molecule has 110 valence electrons. The van der Waals surface area contributed by atoms with Gasteiger partial charge in [0, 0.05) is 12.7 Å². The fourth-order valence-corrected chi connectivity index (χ4v) is 1.98. The predicted molar refractivity (Wildman–Crippen MR) is 82.7 cm³/mol. The first-order valence-corrected chi connectivity index (χ1v) is 6.78. The van der Waals surface area contributed by atoms with Crippen molar-refractivity contribution >= 4 is 11.7 Å². The molecular formula is C16H19N3O2. The third-order valence-corrected chi connectivity index (χ3v) is 3.16. The second-order valence-corrected chi connectivity index (χ2v) is 4.63. The smallest absolute Gasteiger partial charge is 0.319 e. The van der Waals surface area contributed by atoms with Gasteiger partial charge in [0.05, 0.1) is 19.0 Å². The van der Waals surface area contributed by atoms with Gasteiger partial charge in [-0.1, -0.05) is 18.2 Å². The van der Waals surface area contributed by atoms with Gasteiger partial charge in [-0.05, 0) is 36.6 Å². The highest BCUT2D eigenvalue weighted by atomic mass is 16.5. The molecule has 0 saturated heterocycles. The molecule has 1 heterocycles. The van der Waals surface area contributed by atoms with Crippen LogP contribution in [0.15, 0.2) is 42.7 Å². The lowest BCUT2D eigenvalue weighted by atomic mass is 10.1. The minimum Gasteiger partial charge on any atom is -0.496 e. The average Bonchev–Trinajstić information content (AvgIpc) is 2.50. The first kappa shape index (κ1) is 14.8. The number of aromatic nitrogens is 1. The molecule has 0 saturated carbocycles. The van der Waals surface area contributed by atoms with E-state index in [1.165, 1.54) is 0 Å². The van der Waals surface area contributed by atoms with Gasteiger partial charge in [-0.2, -0.15) is 0 Å². The van der Waals surface area contributed by atoms with Gasteiger partial charge in [0.25, 0.3) is 0 Å². The van der Waals surface area contributed by atoms with Crippen LogP contribution in [0.1, 0.15) is 11.1 Å². The maximum atomic E-state index is 11.8. The maximum Gasteiger partial charge on any atom is 0.319 e. The number of anilines is 1. The molecule has 0 bridgehead atoms. The number of methoxy groups -OCH3 is 1. The van der Waals surface area contributed by atoms with E-state index in [2.05, 4.69) is 15.6 Å². The van der Waals surface area contributed by atoms with Gasteiger partial charge in [-0.25, -0.2) is 4.79 Å². The minimum absolute atomic E-state index is 0.235. The predicted octanol–water partition coefficient (Wildman–Crippen LogP) is 2.76. The Morgan fingerprint density at radius 2 is 2.10 bits per heavy atom. The third-order valence-electron chi connectivity index (χ3n) is 3.16. The first-order valence-electron chi connectivity index (χ1n) is 6.78. The quantitative estimate of drug-likeness (QED) is 0.888. The van der Waals surface area contributed by atoms with Crippen molar-refractivity contribution in [3.05, 3.63) is 53.9 Å². The number of hydrogen-bond acceptors (Lipinski definition) is 3. The van der Waals surface area contributed by atoms with Crippen LogP contribution in [-0.4, -0.2) is 24.7 Å². The van der Waals surface area contributed by atoms with Crippen LogP contribution in [0.3, 0.4) is 0 Å². The lowest BCUT2D eigenvalue weighted by Crippen LogP contribution is -2.30. The summed E-state index contributed by atoms with van der Waals surface area (Å²) in [5.74, 6) is 0.836.